The molecular formula is C21H24N6O. The summed E-state index contributed by atoms with van der Waals surface area (Å²) in [5.41, 5.74) is 3.47. The maximum absolute atomic E-state index is 12.2. The van der Waals surface area contributed by atoms with Gasteiger partial charge >= 0.3 is 0 Å². The number of rotatable bonds is 8. The summed E-state index contributed by atoms with van der Waals surface area (Å²) >= 11 is 0. The highest BCUT2D eigenvalue weighted by molar-refractivity contribution is 5.93. The van der Waals surface area contributed by atoms with Crippen LogP contribution in [-0.2, 0) is 6.54 Å². The molecule has 0 aliphatic rings. The number of nitrogens with one attached hydrogen (secondary N) is 2. The molecule has 2 heterocycles. The molecule has 28 heavy (non-hydrogen) atoms. The molecular weight excluding hydrogens is 352 g/mol. The Morgan fingerprint density at radius 1 is 0.964 bits per heavy atom. The van der Waals surface area contributed by atoms with Gasteiger partial charge in [-0.1, -0.05) is 0 Å². The Balaban J connectivity index is 1.57. The van der Waals surface area contributed by atoms with Gasteiger partial charge in [-0.3, -0.25) is 9.78 Å². The Bertz CT molecular complexity index is 877. The Kier molecular flexibility index (Phi) is 6.51. The van der Waals surface area contributed by atoms with Crippen molar-refractivity contribution in [1.29, 1.82) is 0 Å². The second kappa shape index (κ2) is 9.45. The first-order chi connectivity index (χ1) is 13.7. The largest absolute Gasteiger partial charge is 0.372 e. The summed E-state index contributed by atoms with van der Waals surface area (Å²) in [5.74, 6) is 0.230. The zero-order valence-corrected chi connectivity index (χ0v) is 16.1. The van der Waals surface area contributed by atoms with Gasteiger partial charge in [-0.25, -0.2) is 9.97 Å². The van der Waals surface area contributed by atoms with Crippen LogP contribution in [0.4, 0.5) is 17.3 Å². The number of amides is 1. The quantitative estimate of drug-likeness (QED) is 0.627. The van der Waals surface area contributed by atoms with Gasteiger partial charge < -0.3 is 15.5 Å². The molecule has 0 aliphatic heterocycles. The van der Waals surface area contributed by atoms with Crippen LogP contribution in [0.5, 0.6) is 0 Å². The molecule has 0 saturated heterocycles. The molecule has 0 bridgehead atoms. The highest BCUT2D eigenvalue weighted by Crippen LogP contribution is 2.19. The van der Waals surface area contributed by atoms with Gasteiger partial charge in [0.1, 0.15) is 0 Å². The van der Waals surface area contributed by atoms with Gasteiger partial charge in [-0.05, 0) is 55.8 Å². The summed E-state index contributed by atoms with van der Waals surface area (Å²) in [5, 5.41) is 5.99. The predicted octanol–water partition coefficient (Wildman–Crippen LogP) is 3.39. The van der Waals surface area contributed by atoms with E-state index in [1.807, 2.05) is 24.3 Å². The first-order valence-corrected chi connectivity index (χ1v) is 9.30. The fourth-order valence-corrected chi connectivity index (χ4v) is 2.77. The van der Waals surface area contributed by atoms with E-state index in [1.54, 1.807) is 12.4 Å². The normalized spacial score (nSPS) is 10.4. The molecule has 0 spiro atoms. The summed E-state index contributed by atoms with van der Waals surface area (Å²) in [6.07, 6.45) is 6.42. The second-order valence-corrected chi connectivity index (χ2v) is 6.18. The van der Waals surface area contributed by atoms with Crippen molar-refractivity contribution in [1.82, 2.24) is 20.3 Å². The third-order valence-corrected chi connectivity index (χ3v) is 4.37. The number of pyridine rings is 1. The number of anilines is 3. The van der Waals surface area contributed by atoms with E-state index in [2.05, 4.69) is 56.5 Å². The van der Waals surface area contributed by atoms with Crippen LogP contribution < -0.4 is 15.5 Å². The van der Waals surface area contributed by atoms with Gasteiger partial charge in [-0.15, -0.1) is 0 Å². The Morgan fingerprint density at radius 2 is 1.61 bits per heavy atom. The van der Waals surface area contributed by atoms with Gasteiger partial charge in [0.05, 0.1) is 5.56 Å². The Hall–Kier alpha value is -3.48. The number of hydrogen-bond acceptors (Lipinski definition) is 6. The number of aromatic nitrogens is 3. The van der Waals surface area contributed by atoms with Crippen LogP contribution >= 0.6 is 0 Å². The fraction of sp³-hybridized carbons (Fsp3) is 0.238. The summed E-state index contributed by atoms with van der Waals surface area (Å²) in [6, 6.07) is 11.8. The Labute approximate surface area is 164 Å². The lowest BCUT2D eigenvalue weighted by Crippen LogP contribution is -2.23. The zero-order chi connectivity index (χ0) is 19.8. The van der Waals surface area contributed by atoms with Crippen molar-refractivity contribution in [2.24, 2.45) is 0 Å². The lowest BCUT2D eigenvalue weighted by atomic mass is 10.2. The van der Waals surface area contributed by atoms with Gasteiger partial charge in [0, 0.05) is 55.8 Å². The maximum Gasteiger partial charge on any atom is 0.254 e. The topological polar surface area (TPSA) is 83.0 Å². The van der Waals surface area contributed by atoms with Crippen molar-refractivity contribution in [2.45, 2.75) is 20.4 Å². The molecule has 2 aromatic heterocycles. The van der Waals surface area contributed by atoms with E-state index in [0.717, 1.165) is 24.3 Å². The Morgan fingerprint density at radius 3 is 2.21 bits per heavy atom. The number of hydrogen-bond donors (Lipinski definition) is 2. The lowest BCUT2D eigenvalue weighted by Gasteiger charge is -2.21. The number of nitrogens with zero attached hydrogens (tertiary/aromatic N) is 4. The molecule has 0 saturated carbocycles. The maximum atomic E-state index is 12.2. The third-order valence-electron chi connectivity index (χ3n) is 4.37. The van der Waals surface area contributed by atoms with Crippen molar-refractivity contribution in [3.8, 4) is 0 Å². The van der Waals surface area contributed by atoms with Crippen LogP contribution in [0.2, 0.25) is 0 Å². The minimum absolute atomic E-state index is 0.216. The molecule has 2 N–H and O–H groups in total. The summed E-state index contributed by atoms with van der Waals surface area (Å²) in [7, 11) is 0. The minimum Gasteiger partial charge on any atom is -0.372 e. The van der Waals surface area contributed by atoms with E-state index >= 15 is 0 Å². The molecule has 3 aromatic rings. The first kappa shape index (κ1) is 19.3. The van der Waals surface area contributed by atoms with Crippen molar-refractivity contribution in [3.05, 3.63) is 72.3 Å². The van der Waals surface area contributed by atoms with Gasteiger partial charge in [0.2, 0.25) is 5.95 Å². The molecule has 1 amide bonds. The molecule has 7 nitrogen and oxygen atoms in total. The van der Waals surface area contributed by atoms with E-state index in [1.165, 1.54) is 18.1 Å². The molecule has 144 valence electrons. The molecule has 0 aliphatic carbocycles. The van der Waals surface area contributed by atoms with Crippen LogP contribution in [0, 0.1) is 0 Å². The highest BCUT2D eigenvalue weighted by atomic mass is 16.1. The lowest BCUT2D eigenvalue weighted by molar-refractivity contribution is 0.0950. The van der Waals surface area contributed by atoms with Gasteiger partial charge in [0.15, 0.2) is 0 Å². The summed E-state index contributed by atoms with van der Waals surface area (Å²) in [4.78, 5) is 26.9. The molecule has 3 rings (SSSR count). The molecule has 7 heteroatoms. The van der Waals surface area contributed by atoms with Crippen molar-refractivity contribution < 1.29 is 4.79 Å². The standard InChI is InChI=1S/C21H24N6O/c1-3-27(4-2)19-7-5-18(6-8-19)26-21-24-14-17(15-25-21)20(28)23-13-16-9-11-22-12-10-16/h5-12,14-15H,3-4,13H2,1-2H3,(H,23,28)(H,24,25,26). The van der Waals surface area contributed by atoms with E-state index in [-0.39, 0.29) is 5.91 Å². The monoisotopic (exact) mass is 376 g/mol. The number of carbonyl (C=O) groups excluding carboxylic acids is 1. The van der Waals surface area contributed by atoms with Crippen LogP contribution in [0.15, 0.2) is 61.2 Å². The van der Waals surface area contributed by atoms with E-state index in [4.69, 9.17) is 0 Å². The highest BCUT2D eigenvalue weighted by Gasteiger charge is 2.08. The molecule has 0 atom stereocenters. The van der Waals surface area contributed by atoms with Crippen LogP contribution in [0.3, 0.4) is 0 Å². The third kappa shape index (κ3) is 5.03. The smallest absolute Gasteiger partial charge is 0.254 e. The average molecular weight is 376 g/mol. The predicted molar refractivity (Wildman–Crippen MR) is 111 cm³/mol. The molecule has 0 fully saturated rings. The average Bonchev–Trinajstić information content (AvgIpc) is 2.75. The van der Waals surface area contributed by atoms with Crippen molar-refractivity contribution in [3.63, 3.8) is 0 Å². The van der Waals surface area contributed by atoms with E-state index in [0.29, 0.717) is 18.1 Å². The zero-order valence-electron chi connectivity index (χ0n) is 16.1. The molecule has 0 unspecified atom stereocenters. The molecule has 1 aromatic carbocycles. The summed E-state index contributed by atoms with van der Waals surface area (Å²) < 4.78 is 0. The SMILES string of the molecule is CCN(CC)c1ccc(Nc2ncc(C(=O)NCc3ccncc3)cn2)cc1. The summed E-state index contributed by atoms with van der Waals surface area (Å²) in [6.45, 7) is 6.64. The fourth-order valence-electron chi connectivity index (χ4n) is 2.77. The second-order valence-electron chi connectivity index (χ2n) is 6.18. The number of benzene rings is 1. The van der Waals surface area contributed by atoms with Crippen LogP contribution in [-0.4, -0.2) is 33.9 Å². The van der Waals surface area contributed by atoms with Crippen LogP contribution in [0.25, 0.3) is 0 Å². The first-order valence-electron chi connectivity index (χ1n) is 9.30. The van der Waals surface area contributed by atoms with E-state index in [9.17, 15) is 4.79 Å². The molecule has 0 radical (unpaired) electrons. The van der Waals surface area contributed by atoms with Crippen molar-refractivity contribution >= 4 is 23.2 Å². The van der Waals surface area contributed by atoms with Crippen LogP contribution in [0.1, 0.15) is 29.8 Å². The van der Waals surface area contributed by atoms with E-state index < -0.39 is 0 Å². The van der Waals surface area contributed by atoms with Crippen molar-refractivity contribution in [2.75, 3.05) is 23.3 Å². The number of carbonyl (C=O) groups is 1. The van der Waals surface area contributed by atoms with Gasteiger partial charge in [-0.2, -0.15) is 0 Å². The van der Waals surface area contributed by atoms with Gasteiger partial charge in [0.25, 0.3) is 5.91 Å². The minimum atomic E-state index is -0.216.